The third kappa shape index (κ3) is 6.57. The van der Waals surface area contributed by atoms with Crippen LogP contribution in [0.3, 0.4) is 0 Å². The van der Waals surface area contributed by atoms with Gasteiger partial charge in [0.1, 0.15) is 12.0 Å². The largest absolute Gasteiger partial charge is 0.488 e. The van der Waals surface area contributed by atoms with Crippen LogP contribution in [-0.4, -0.2) is 31.4 Å². The first-order valence-corrected chi connectivity index (χ1v) is 8.39. The molecule has 25 heavy (non-hydrogen) atoms. The molecule has 0 heterocycles. The maximum Gasteiger partial charge on any atom is 0.177 e. The highest BCUT2D eigenvalue weighted by molar-refractivity contribution is 8.05. The topological polar surface area (TPSA) is 59.3 Å². The summed E-state index contributed by atoms with van der Waals surface area (Å²) < 4.78 is 24.2. The Balaban J connectivity index is 2.95. The number of thiocyanates is 1. The maximum atomic E-state index is 14.1. The first-order valence-electron chi connectivity index (χ1n) is 7.51. The number of ether oxygens (including phenoxy) is 2. The molecule has 1 unspecified atom stereocenters. The molecule has 0 aromatic heterocycles. The zero-order chi connectivity index (χ0) is 18.7. The predicted molar refractivity (Wildman–Crippen MR) is 98.2 cm³/mol. The average molecular weight is 361 g/mol. The van der Waals surface area contributed by atoms with Crippen LogP contribution in [-0.2, 0) is 4.74 Å². The Morgan fingerprint density at radius 1 is 1.44 bits per heavy atom. The highest BCUT2D eigenvalue weighted by atomic mass is 32.2. The number of nitriles is 1. The van der Waals surface area contributed by atoms with Crippen molar-refractivity contribution in [1.82, 2.24) is 0 Å². The van der Waals surface area contributed by atoms with Crippen molar-refractivity contribution in [2.75, 3.05) is 20.3 Å². The lowest BCUT2D eigenvalue weighted by Crippen LogP contribution is -2.18. The molecule has 0 bridgehead atoms. The summed E-state index contributed by atoms with van der Waals surface area (Å²) in [5.41, 5.74) is 0.961. The van der Waals surface area contributed by atoms with Crippen LogP contribution >= 0.6 is 11.8 Å². The van der Waals surface area contributed by atoms with E-state index in [-0.39, 0.29) is 23.7 Å². The Morgan fingerprint density at radius 2 is 2.20 bits per heavy atom. The van der Waals surface area contributed by atoms with Crippen molar-refractivity contribution < 1.29 is 18.7 Å². The van der Waals surface area contributed by atoms with Crippen molar-refractivity contribution in [1.29, 1.82) is 5.26 Å². The normalized spacial score (nSPS) is 12.1. The second-order valence-electron chi connectivity index (χ2n) is 4.93. The Labute approximate surface area is 151 Å². The molecule has 132 valence electrons. The number of ketones is 1. The van der Waals surface area contributed by atoms with Crippen molar-refractivity contribution in [2.45, 2.75) is 11.7 Å². The molecule has 0 aliphatic rings. The van der Waals surface area contributed by atoms with Crippen molar-refractivity contribution in [3.05, 3.63) is 66.5 Å². The number of Topliss-reactive ketones (excluding diaryl/α,β-unsaturated/α-hetero) is 1. The quantitative estimate of drug-likeness (QED) is 0.254. The number of hydrogen-bond donors (Lipinski definition) is 0. The Kier molecular flexibility index (Phi) is 9.30. The standard InChI is InChI=1S/C19H20FNO3S/c1-4-6-14(5-2)11-18(25-13-21)19(22)15-7-8-17(16(20)12-15)24-10-9-23-3/h4-8,12,18H,1-2,9-11H2,3H3/b14-6+. The second kappa shape index (κ2) is 11.2. The molecule has 0 N–H and O–H groups in total. The molecule has 1 atom stereocenters. The van der Waals surface area contributed by atoms with E-state index >= 15 is 0 Å². The third-order valence-corrected chi connectivity index (χ3v) is 4.03. The lowest BCUT2D eigenvalue weighted by molar-refractivity contribution is 0.0989. The number of halogens is 1. The van der Waals surface area contributed by atoms with Gasteiger partial charge in [0.25, 0.3) is 0 Å². The number of carbonyl (C=O) groups is 1. The number of allylic oxidation sites excluding steroid dienone is 4. The SMILES string of the molecule is C=C/C=C(\C=C)CC(SC#N)C(=O)c1ccc(OCCOC)c(F)c1. The van der Waals surface area contributed by atoms with E-state index in [1.54, 1.807) is 18.2 Å². The number of benzene rings is 1. The fourth-order valence-corrected chi connectivity index (χ4v) is 2.67. The van der Waals surface area contributed by atoms with E-state index in [4.69, 9.17) is 14.7 Å². The van der Waals surface area contributed by atoms with E-state index in [0.717, 1.165) is 23.4 Å². The zero-order valence-electron chi connectivity index (χ0n) is 14.0. The van der Waals surface area contributed by atoms with Gasteiger partial charge in [-0.3, -0.25) is 4.79 Å². The number of carbonyl (C=O) groups excluding carboxylic acids is 1. The van der Waals surface area contributed by atoms with Gasteiger partial charge in [-0.05, 0) is 42.0 Å². The third-order valence-electron chi connectivity index (χ3n) is 3.26. The summed E-state index contributed by atoms with van der Waals surface area (Å²) in [6.45, 7) is 7.83. The van der Waals surface area contributed by atoms with Gasteiger partial charge < -0.3 is 9.47 Å². The Morgan fingerprint density at radius 3 is 2.76 bits per heavy atom. The molecule has 0 aliphatic heterocycles. The van der Waals surface area contributed by atoms with Crippen molar-refractivity contribution in [3.8, 4) is 11.2 Å². The monoisotopic (exact) mass is 361 g/mol. The van der Waals surface area contributed by atoms with Crippen LogP contribution in [0.15, 0.2) is 55.2 Å². The number of hydrogen-bond acceptors (Lipinski definition) is 5. The lowest BCUT2D eigenvalue weighted by Gasteiger charge is -2.13. The van der Waals surface area contributed by atoms with Crippen LogP contribution in [0.2, 0.25) is 0 Å². The molecule has 0 saturated carbocycles. The van der Waals surface area contributed by atoms with Gasteiger partial charge in [0.15, 0.2) is 17.3 Å². The summed E-state index contributed by atoms with van der Waals surface area (Å²) >= 11 is 0.839. The molecule has 1 aromatic carbocycles. The molecule has 4 nitrogen and oxygen atoms in total. The van der Waals surface area contributed by atoms with Crippen LogP contribution in [0.4, 0.5) is 4.39 Å². The van der Waals surface area contributed by atoms with E-state index in [1.807, 2.05) is 5.40 Å². The van der Waals surface area contributed by atoms with E-state index < -0.39 is 11.1 Å². The number of thioether (sulfide) groups is 1. The molecular weight excluding hydrogens is 341 g/mol. The van der Waals surface area contributed by atoms with Gasteiger partial charge in [0, 0.05) is 12.7 Å². The molecule has 6 heteroatoms. The summed E-state index contributed by atoms with van der Waals surface area (Å²) in [4.78, 5) is 12.6. The Bertz CT molecular complexity index is 694. The van der Waals surface area contributed by atoms with E-state index in [9.17, 15) is 9.18 Å². The fraction of sp³-hybridized carbons (Fsp3) is 0.263. The number of nitrogens with zero attached hydrogens (tertiary/aromatic N) is 1. The van der Waals surface area contributed by atoms with Gasteiger partial charge >= 0.3 is 0 Å². The summed E-state index contributed by atoms with van der Waals surface area (Å²) in [7, 11) is 1.52. The smallest absolute Gasteiger partial charge is 0.177 e. The zero-order valence-corrected chi connectivity index (χ0v) is 14.9. The average Bonchev–Trinajstić information content (AvgIpc) is 2.61. The van der Waals surface area contributed by atoms with Crippen LogP contribution < -0.4 is 4.74 Å². The summed E-state index contributed by atoms with van der Waals surface area (Å²) in [5.74, 6) is -0.907. The molecule has 0 saturated heterocycles. The molecule has 0 radical (unpaired) electrons. The molecule has 1 rings (SSSR count). The first-order chi connectivity index (χ1) is 12.1. The van der Waals surface area contributed by atoms with Crippen LogP contribution in [0, 0.1) is 16.5 Å². The van der Waals surface area contributed by atoms with Gasteiger partial charge in [-0.15, -0.1) is 0 Å². The van der Waals surface area contributed by atoms with Gasteiger partial charge in [-0.2, -0.15) is 5.26 Å². The number of methoxy groups -OCH3 is 1. The molecule has 0 aliphatic carbocycles. The van der Waals surface area contributed by atoms with E-state index in [2.05, 4.69) is 13.2 Å². The minimum Gasteiger partial charge on any atom is -0.488 e. The van der Waals surface area contributed by atoms with E-state index in [1.165, 1.54) is 19.2 Å². The molecular formula is C19H20FNO3S. The minimum atomic E-state index is -0.658. The first kappa shape index (κ1) is 20.7. The second-order valence-corrected chi connectivity index (χ2v) is 5.92. The van der Waals surface area contributed by atoms with Gasteiger partial charge in [0.2, 0.25) is 0 Å². The summed E-state index contributed by atoms with van der Waals surface area (Å²) in [5, 5.41) is 10.2. The molecule has 0 spiro atoms. The lowest BCUT2D eigenvalue weighted by atomic mass is 10.0. The minimum absolute atomic E-state index is 0.0522. The molecule has 0 amide bonds. The summed E-state index contributed by atoms with van der Waals surface area (Å²) in [6.07, 6.45) is 5.22. The van der Waals surface area contributed by atoms with Gasteiger partial charge in [-0.25, -0.2) is 4.39 Å². The van der Waals surface area contributed by atoms with Crippen LogP contribution in [0.25, 0.3) is 0 Å². The number of rotatable bonds is 11. The van der Waals surface area contributed by atoms with Crippen LogP contribution in [0.5, 0.6) is 5.75 Å². The van der Waals surface area contributed by atoms with E-state index in [0.29, 0.717) is 13.0 Å². The van der Waals surface area contributed by atoms with Gasteiger partial charge in [-0.1, -0.05) is 31.4 Å². The van der Waals surface area contributed by atoms with Crippen molar-refractivity contribution in [2.24, 2.45) is 0 Å². The summed E-state index contributed by atoms with van der Waals surface area (Å²) in [6, 6.07) is 4.02. The highest BCUT2D eigenvalue weighted by Crippen LogP contribution is 2.26. The predicted octanol–water partition coefficient (Wildman–Crippen LogP) is 4.30. The van der Waals surface area contributed by atoms with Crippen LogP contribution in [0.1, 0.15) is 16.8 Å². The highest BCUT2D eigenvalue weighted by Gasteiger charge is 2.23. The molecule has 0 fully saturated rings. The van der Waals surface area contributed by atoms with Crippen molar-refractivity contribution >= 4 is 17.5 Å². The fourth-order valence-electron chi connectivity index (χ4n) is 2.03. The van der Waals surface area contributed by atoms with Crippen molar-refractivity contribution in [3.63, 3.8) is 0 Å². The Hall–Kier alpha value is -2.36. The van der Waals surface area contributed by atoms with Gasteiger partial charge in [0.05, 0.1) is 11.9 Å². The maximum absolute atomic E-state index is 14.1. The molecule has 1 aromatic rings.